The van der Waals surface area contributed by atoms with E-state index in [1.165, 1.54) is 24.1 Å². The monoisotopic (exact) mass is 280 g/mol. The lowest BCUT2D eigenvalue weighted by atomic mass is 9.99. The summed E-state index contributed by atoms with van der Waals surface area (Å²) >= 11 is 0. The molecule has 2 rings (SSSR count). The number of aliphatic carboxylic acids is 1. The Balaban J connectivity index is 2.11. The number of carboxylic acid groups (broad SMARTS) is 1. The first-order chi connectivity index (χ1) is 9.44. The minimum Gasteiger partial charge on any atom is -0.508 e. The van der Waals surface area contributed by atoms with Crippen molar-refractivity contribution in [1.29, 1.82) is 0 Å². The van der Waals surface area contributed by atoms with Gasteiger partial charge < -0.3 is 20.3 Å². The van der Waals surface area contributed by atoms with Gasteiger partial charge >= 0.3 is 12.0 Å². The van der Waals surface area contributed by atoms with Gasteiger partial charge in [0.15, 0.2) is 5.54 Å². The van der Waals surface area contributed by atoms with Crippen molar-refractivity contribution >= 4 is 17.7 Å². The van der Waals surface area contributed by atoms with Crippen LogP contribution in [0.3, 0.4) is 0 Å². The average Bonchev–Trinajstić information content (AvgIpc) is 2.88. The molecule has 108 valence electrons. The van der Waals surface area contributed by atoms with Gasteiger partial charge in [-0.1, -0.05) is 0 Å². The standard InChI is InChI=1S/C13H16N2O5/c1-15(9-2-4-10(16)5-3-9)12(19)14-13(11(17)18)6-7-20-8-13/h2-5,16H,6-8H2,1H3,(H,14,19)(H,17,18). The van der Waals surface area contributed by atoms with Gasteiger partial charge in [-0.15, -0.1) is 0 Å². The van der Waals surface area contributed by atoms with Crippen molar-refractivity contribution in [3.05, 3.63) is 24.3 Å². The number of rotatable bonds is 3. The number of amides is 2. The number of aromatic hydroxyl groups is 1. The van der Waals surface area contributed by atoms with Crippen molar-refractivity contribution < 1.29 is 24.5 Å². The van der Waals surface area contributed by atoms with E-state index in [2.05, 4.69) is 5.32 Å². The maximum atomic E-state index is 12.1. The van der Waals surface area contributed by atoms with Crippen LogP contribution in [-0.4, -0.2) is 48.0 Å². The van der Waals surface area contributed by atoms with Gasteiger partial charge in [-0.2, -0.15) is 0 Å². The molecule has 7 nitrogen and oxygen atoms in total. The second-order valence-electron chi connectivity index (χ2n) is 4.70. The van der Waals surface area contributed by atoms with Crippen LogP contribution in [0.5, 0.6) is 5.75 Å². The molecule has 3 N–H and O–H groups in total. The number of phenols is 1. The number of carbonyl (C=O) groups is 2. The molecule has 0 aliphatic carbocycles. The Kier molecular flexibility index (Phi) is 3.80. The van der Waals surface area contributed by atoms with E-state index in [1.807, 2.05) is 0 Å². The van der Waals surface area contributed by atoms with Gasteiger partial charge in [0.1, 0.15) is 5.75 Å². The SMILES string of the molecule is CN(C(=O)NC1(C(=O)O)CCOC1)c1ccc(O)cc1. The van der Waals surface area contributed by atoms with Crippen LogP contribution in [0.4, 0.5) is 10.5 Å². The van der Waals surface area contributed by atoms with Crippen LogP contribution in [0.25, 0.3) is 0 Å². The van der Waals surface area contributed by atoms with Gasteiger partial charge in [-0.05, 0) is 24.3 Å². The van der Waals surface area contributed by atoms with Gasteiger partial charge in [0, 0.05) is 25.8 Å². The third-order valence-electron chi connectivity index (χ3n) is 3.32. The molecule has 20 heavy (non-hydrogen) atoms. The lowest BCUT2D eigenvalue weighted by Crippen LogP contribution is -2.58. The summed E-state index contributed by atoms with van der Waals surface area (Å²) < 4.78 is 5.08. The van der Waals surface area contributed by atoms with E-state index in [0.717, 1.165) is 0 Å². The van der Waals surface area contributed by atoms with Gasteiger partial charge in [-0.25, -0.2) is 9.59 Å². The second-order valence-corrected chi connectivity index (χ2v) is 4.70. The average molecular weight is 280 g/mol. The highest BCUT2D eigenvalue weighted by molar-refractivity contribution is 5.95. The molecule has 1 aliphatic rings. The lowest BCUT2D eigenvalue weighted by Gasteiger charge is -2.27. The third kappa shape index (κ3) is 2.67. The van der Waals surface area contributed by atoms with Crippen LogP contribution < -0.4 is 10.2 Å². The number of anilines is 1. The molecular weight excluding hydrogens is 264 g/mol. The second kappa shape index (κ2) is 5.38. The molecule has 0 radical (unpaired) electrons. The zero-order valence-electron chi connectivity index (χ0n) is 11.0. The molecule has 1 saturated heterocycles. The minimum absolute atomic E-state index is 0.0442. The Hall–Kier alpha value is -2.28. The normalized spacial score (nSPS) is 21.4. The summed E-state index contributed by atoms with van der Waals surface area (Å²) in [5.41, 5.74) is -0.831. The van der Waals surface area contributed by atoms with E-state index < -0.39 is 17.5 Å². The third-order valence-corrected chi connectivity index (χ3v) is 3.32. The quantitative estimate of drug-likeness (QED) is 0.760. The molecular formula is C13H16N2O5. The zero-order valence-corrected chi connectivity index (χ0v) is 11.0. The summed E-state index contributed by atoms with van der Waals surface area (Å²) in [5, 5.41) is 21.0. The molecule has 1 atom stereocenters. The number of phenolic OH excluding ortho intramolecular Hbond substituents is 1. The Bertz CT molecular complexity index is 508. The van der Waals surface area contributed by atoms with Crippen molar-refractivity contribution in [1.82, 2.24) is 5.32 Å². The van der Waals surface area contributed by atoms with Gasteiger partial charge in [0.2, 0.25) is 0 Å². The van der Waals surface area contributed by atoms with Crippen LogP contribution >= 0.6 is 0 Å². The molecule has 0 bridgehead atoms. The van der Waals surface area contributed by atoms with E-state index >= 15 is 0 Å². The number of hydrogen-bond donors (Lipinski definition) is 3. The predicted molar refractivity (Wildman–Crippen MR) is 70.8 cm³/mol. The predicted octanol–water partition coefficient (Wildman–Crippen LogP) is 0.782. The van der Waals surface area contributed by atoms with Gasteiger partial charge in [0.25, 0.3) is 0 Å². The number of nitrogens with one attached hydrogen (secondary N) is 1. The Morgan fingerprint density at radius 1 is 1.35 bits per heavy atom. The number of nitrogens with zero attached hydrogens (tertiary/aromatic N) is 1. The summed E-state index contributed by atoms with van der Waals surface area (Å²) in [5.74, 6) is -1.02. The molecule has 1 heterocycles. The molecule has 1 fully saturated rings. The highest BCUT2D eigenvalue weighted by atomic mass is 16.5. The van der Waals surface area contributed by atoms with Crippen molar-refractivity contribution in [2.75, 3.05) is 25.2 Å². The fourth-order valence-corrected chi connectivity index (χ4v) is 1.97. The van der Waals surface area contributed by atoms with Gasteiger partial charge in [-0.3, -0.25) is 4.90 Å². The van der Waals surface area contributed by atoms with E-state index in [9.17, 15) is 19.8 Å². The number of urea groups is 1. The molecule has 0 aromatic heterocycles. The van der Waals surface area contributed by atoms with Crippen molar-refractivity contribution in [3.63, 3.8) is 0 Å². The van der Waals surface area contributed by atoms with Crippen molar-refractivity contribution in [3.8, 4) is 5.75 Å². The fraction of sp³-hybridized carbons (Fsp3) is 0.385. The van der Waals surface area contributed by atoms with Crippen LogP contribution in [0.1, 0.15) is 6.42 Å². The van der Waals surface area contributed by atoms with Gasteiger partial charge in [0.05, 0.1) is 6.61 Å². The largest absolute Gasteiger partial charge is 0.508 e. The van der Waals surface area contributed by atoms with Crippen molar-refractivity contribution in [2.45, 2.75) is 12.0 Å². The molecule has 0 spiro atoms. The molecule has 7 heteroatoms. The molecule has 1 unspecified atom stereocenters. The number of benzene rings is 1. The van der Waals surface area contributed by atoms with Crippen LogP contribution in [0, 0.1) is 0 Å². The molecule has 2 amide bonds. The first-order valence-corrected chi connectivity index (χ1v) is 6.11. The van der Waals surface area contributed by atoms with E-state index in [0.29, 0.717) is 12.3 Å². The lowest BCUT2D eigenvalue weighted by molar-refractivity contribution is -0.144. The van der Waals surface area contributed by atoms with E-state index in [4.69, 9.17) is 4.74 Å². The topological polar surface area (TPSA) is 99.1 Å². The number of hydrogen-bond acceptors (Lipinski definition) is 4. The number of carbonyl (C=O) groups excluding carboxylic acids is 1. The van der Waals surface area contributed by atoms with Crippen LogP contribution in [-0.2, 0) is 9.53 Å². The molecule has 1 aromatic rings. The van der Waals surface area contributed by atoms with Crippen LogP contribution in [0.15, 0.2) is 24.3 Å². The van der Waals surface area contributed by atoms with Crippen molar-refractivity contribution in [2.24, 2.45) is 0 Å². The highest BCUT2D eigenvalue weighted by Crippen LogP contribution is 2.21. The Morgan fingerprint density at radius 3 is 2.50 bits per heavy atom. The van der Waals surface area contributed by atoms with E-state index in [-0.39, 0.29) is 18.8 Å². The first kappa shape index (κ1) is 14.1. The summed E-state index contributed by atoms with van der Waals surface area (Å²) in [6, 6.07) is 5.49. The maximum absolute atomic E-state index is 12.1. The Morgan fingerprint density at radius 2 is 2.00 bits per heavy atom. The first-order valence-electron chi connectivity index (χ1n) is 6.11. The van der Waals surface area contributed by atoms with Crippen LogP contribution in [0.2, 0.25) is 0 Å². The molecule has 1 aliphatic heterocycles. The zero-order chi connectivity index (χ0) is 14.8. The number of carboxylic acids is 1. The Labute approximate surface area is 115 Å². The smallest absolute Gasteiger partial charge is 0.332 e. The number of ether oxygens (including phenoxy) is 1. The highest BCUT2D eigenvalue weighted by Gasteiger charge is 2.44. The summed E-state index contributed by atoms with van der Waals surface area (Å²) in [4.78, 5) is 24.7. The summed E-state index contributed by atoms with van der Waals surface area (Å²) in [6.07, 6.45) is 0.234. The van der Waals surface area contributed by atoms with E-state index in [1.54, 1.807) is 12.1 Å². The summed E-state index contributed by atoms with van der Waals surface area (Å²) in [7, 11) is 1.52. The summed E-state index contributed by atoms with van der Waals surface area (Å²) in [6.45, 7) is 0.257. The molecule has 0 saturated carbocycles. The molecule has 1 aromatic carbocycles. The fourth-order valence-electron chi connectivity index (χ4n) is 1.97. The minimum atomic E-state index is -1.37. The maximum Gasteiger partial charge on any atom is 0.332 e.